The summed E-state index contributed by atoms with van der Waals surface area (Å²) in [7, 11) is 2.77. The van der Waals surface area contributed by atoms with Gasteiger partial charge >= 0.3 is 0 Å². The number of hydrogen-bond donors (Lipinski definition) is 2. The van der Waals surface area contributed by atoms with Crippen molar-refractivity contribution < 1.29 is 19.1 Å². The third-order valence-electron chi connectivity index (χ3n) is 4.62. The monoisotopic (exact) mass is 384 g/mol. The molecule has 4 atom stereocenters. The van der Waals surface area contributed by atoms with Crippen LogP contribution in [0.2, 0.25) is 0 Å². The number of ether oxygens (including phenoxy) is 2. The fourth-order valence-corrected chi connectivity index (χ4v) is 2.98. The number of amides is 2. The first kappa shape index (κ1) is 21.6. The largest absolute Gasteiger partial charge is 0.368 e. The Morgan fingerprint density at radius 3 is 1.29 bits per heavy atom. The maximum absolute atomic E-state index is 12.7. The minimum atomic E-state index is -1.07. The SMILES string of the molecule is COC(C(=O)NC(C)c1ccccc1)C(OC)C(=O)NC(C)c1ccccc1. The second-order valence-corrected chi connectivity index (χ2v) is 6.59. The summed E-state index contributed by atoms with van der Waals surface area (Å²) in [4.78, 5) is 25.4. The predicted octanol–water partition coefficient (Wildman–Crippen LogP) is 2.77. The van der Waals surface area contributed by atoms with Gasteiger partial charge in [-0.15, -0.1) is 0 Å². The Morgan fingerprint density at radius 1 is 0.679 bits per heavy atom. The number of methoxy groups -OCH3 is 2. The summed E-state index contributed by atoms with van der Waals surface area (Å²) in [5.74, 6) is -0.818. The van der Waals surface area contributed by atoms with Gasteiger partial charge in [0.2, 0.25) is 0 Å². The molecule has 2 amide bonds. The molecule has 0 spiro atoms. The molecule has 4 unspecified atom stereocenters. The van der Waals surface area contributed by atoms with E-state index in [9.17, 15) is 9.59 Å². The first-order valence-corrected chi connectivity index (χ1v) is 9.24. The molecule has 2 N–H and O–H groups in total. The molecule has 0 aliphatic carbocycles. The van der Waals surface area contributed by atoms with E-state index in [-0.39, 0.29) is 12.1 Å². The van der Waals surface area contributed by atoms with Crippen LogP contribution in [-0.2, 0) is 19.1 Å². The van der Waals surface area contributed by atoms with Gasteiger partial charge in [-0.3, -0.25) is 9.59 Å². The van der Waals surface area contributed by atoms with E-state index in [1.165, 1.54) is 14.2 Å². The lowest BCUT2D eigenvalue weighted by molar-refractivity contribution is -0.152. The molecule has 0 aliphatic rings. The molecule has 0 aromatic heterocycles. The second-order valence-electron chi connectivity index (χ2n) is 6.59. The third-order valence-corrected chi connectivity index (χ3v) is 4.62. The van der Waals surface area contributed by atoms with Crippen molar-refractivity contribution in [3.05, 3.63) is 71.8 Å². The molecule has 0 saturated carbocycles. The topological polar surface area (TPSA) is 76.7 Å². The third kappa shape index (κ3) is 5.65. The van der Waals surface area contributed by atoms with Crippen molar-refractivity contribution in [1.29, 1.82) is 0 Å². The van der Waals surface area contributed by atoms with Gasteiger partial charge in [0.1, 0.15) is 0 Å². The van der Waals surface area contributed by atoms with Crippen molar-refractivity contribution in [3.63, 3.8) is 0 Å². The number of carbonyl (C=O) groups is 2. The lowest BCUT2D eigenvalue weighted by atomic mass is 10.1. The van der Waals surface area contributed by atoms with Gasteiger partial charge in [-0.1, -0.05) is 60.7 Å². The average molecular weight is 384 g/mol. The number of benzene rings is 2. The van der Waals surface area contributed by atoms with E-state index in [1.54, 1.807) is 0 Å². The highest BCUT2D eigenvalue weighted by atomic mass is 16.5. The molecule has 0 bridgehead atoms. The van der Waals surface area contributed by atoms with Gasteiger partial charge < -0.3 is 20.1 Å². The molecule has 0 heterocycles. The zero-order chi connectivity index (χ0) is 20.5. The van der Waals surface area contributed by atoms with E-state index < -0.39 is 24.0 Å². The van der Waals surface area contributed by atoms with Crippen molar-refractivity contribution in [2.24, 2.45) is 0 Å². The van der Waals surface area contributed by atoms with E-state index >= 15 is 0 Å². The summed E-state index contributed by atoms with van der Waals surface area (Å²) in [5.41, 5.74) is 1.92. The molecule has 0 saturated heterocycles. The predicted molar refractivity (Wildman–Crippen MR) is 108 cm³/mol. The lowest BCUT2D eigenvalue weighted by Crippen LogP contribution is -2.52. The summed E-state index contributed by atoms with van der Waals surface area (Å²) in [5, 5.41) is 5.76. The smallest absolute Gasteiger partial charge is 0.252 e. The van der Waals surface area contributed by atoms with E-state index in [2.05, 4.69) is 10.6 Å². The van der Waals surface area contributed by atoms with Crippen LogP contribution in [0.15, 0.2) is 60.7 Å². The molecule has 150 valence electrons. The maximum atomic E-state index is 12.7. The molecule has 28 heavy (non-hydrogen) atoms. The summed E-state index contributed by atoms with van der Waals surface area (Å²) in [6, 6.07) is 18.7. The zero-order valence-corrected chi connectivity index (χ0v) is 16.7. The van der Waals surface area contributed by atoms with Gasteiger partial charge in [-0.25, -0.2) is 0 Å². The molecule has 6 nitrogen and oxygen atoms in total. The molecular formula is C22H28N2O4. The van der Waals surface area contributed by atoms with Crippen molar-refractivity contribution >= 4 is 11.8 Å². The normalized spacial score (nSPS) is 15.1. The summed E-state index contributed by atoms with van der Waals surface area (Å²) < 4.78 is 10.6. The molecule has 0 radical (unpaired) electrons. The quantitative estimate of drug-likeness (QED) is 0.697. The Hall–Kier alpha value is -2.70. The van der Waals surface area contributed by atoms with Crippen molar-refractivity contribution in [2.75, 3.05) is 14.2 Å². The summed E-state index contributed by atoms with van der Waals surface area (Å²) in [6.45, 7) is 3.75. The minimum absolute atomic E-state index is 0.227. The van der Waals surface area contributed by atoms with Gasteiger partial charge in [0, 0.05) is 14.2 Å². The summed E-state index contributed by atoms with van der Waals surface area (Å²) in [6.07, 6.45) is -2.14. The highest BCUT2D eigenvalue weighted by Crippen LogP contribution is 2.15. The highest BCUT2D eigenvalue weighted by molar-refractivity contribution is 5.91. The van der Waals surface area contributed by atoms with Gasteiger partial charge in [0.25, 0.3) is 11.8 Å². The van der Waals surface area contributed by atoms with Gasteiger partial charge in [-0.2, -0.15) is 0 Å². The van der Waals surface area contributed by atoms with E-state index in [0.29, 0.717) is 0 Å². The number of hydrogen-bond acceptors (Lipinski definition) is 4. The Labute approximate surface area is 166 Å². The number of carbonyl (C=O) groups excluding carboxylic acids is 2. The Bertz CT molecular complexity index is 686. The Morgan fingerprint density at radius 2 is 1.00 bits per heavy atom. The fourth-order valence-electron chi connectivity index (χ4n) is 2.98. The zero-order valence-electron chi connectivity index (χ0n) is 16.7. The molecule has 0 fully saturated rings. The van der Waals surface area contributed by atoms with Crippen molar-refractivity contribution in [2.45, 2.75) is 38.1 Å². The standard InChI is InChI=1S/C22H28N2O4/c1-15(17-11-7-5-8-12-17)23-21(25)19(27-3)20(28-4)22(26)24-16(2)18-13-9-6-10-14-18/h5-16,19-20H,1-4H3,(H,23,25)(H,24,26). The van der Waals surface area contributed by atoms with E-state index in [0.717, 1.165) is 11.1 Å². The van der Waals surface area contributed by atoms with E-state index in [4.69, 9.17) is 9.47 Å². The Kier molecular flexibility index (Phi) is 8.17. The van der Waals surface area contributed by atoms with Crippen LogP contribution in [0, 0.1) is 0 Å². The van der Waals surface area contributed by atoms with E-state index in [1.807, 2.05) is 74.5 Å². The second kappa shape index (κ2) is 10.6. The molecule has 2 aromatic carbocycles. The molecule has 0 aliphatic heterocycles. The number of rotatable bonds is 9. The van der Waals surface area contributed by atoms with Crippen LogP contribution in [0.5, 0.6) is 0 Å². The van der Waals surface area contributed by atoms with Crippen LogP contribution in [0.3, 0.4) is 0 Å². The van der Waals surface area contributed by atoms with Crippen LogP contribution >= 0.6 is 0 Å². The van der Waals surface area contributed by atoms with Crippen molar-refractivity contribution in [3.8, 4) is 0 Å². The number of nitrogens with one attached hydrogen (secondary N) is 2. The highest BCUT2D eigenvalue weighted by Gasteiger charge is 2.35. The van der Waals surface area contributed by atoms with Crippen LogP contribution in [-0.4, -0.2) is 38.2 Å². The lowest BCUT2D eigenvalue weighted by Gasteiger charge is -2.26. The Balaban J connectivity index is 2.04. The molecule has 2 aromatic rings. The average Bonchev–Trinajstić information content (AvgIpc) is 2.72. The minimum Gasteiger partial charge on any atom is -0.368 e. The van der Waals surface area contributed by atoms with Crippen LogP contribution < -0.4 is 10.6 Å². The van der Waals surface area contributed by atoms with Crippen LogP contribution in [0.1, 0.15) is 37.1 Å². The van der Waals surface area contributed by atoms with Gasteiger partial charge in [-0.05, 0) is 25.0 Å². The molecule has 6 heteroatoms. The van der Waals surface area contributed by atoms with Gasteiger partial charge in [0.05, 0.1) is 12.1 Å². The molecular weight excluding hydrogens is 356 g/mol. The summed E-state index contributed by atoms with van der Waals surface area (Å²) >= 11 is 0. The maximum Gasteiger partial charge on any atom is 0.252 e. The first-order valence-electron chi connectivity index (χ1n) is 9.24. The molecule has 2 rings (SSSR count). The van der Waals surface area contributed by atoms with Crippen LogP contribution in [0.4, 0.5) is 0 Å². The van der Waals surface area contributed by atoms with Crippen molar-refractivity contribution in [1.82, 2.24) is 10.6 Å². The van der Waals surface area contributed by atoms with Gasteiger partial charge in [0.15, 0.2) is 12.2 Å². The van der Waals surface area contributed by atoms with Crippen LogP contribution in [0.25, 0.3) is 0 Å². The fraction of sp³-hybridized carbons (Fsp3) is 0.364. The first-order chi connectivity index (χ1) is 13.5.